The van der Waals surface area contributed by atoms with Crippen molar-refractivity contribution in [1.29, 1.82) is 0 Å². The minimum atomic E-state index is 0. The number of aromatic nitrogens is 1. The molecule has 0 aliphatic rings. The molecule has 0 aliphatic carbocycles. The van der Waals surface area contributed by atoms with Crippen molar-refractivity contribution in [1.82, 2.24) is 15.6 Å². The molecule has 0 radical (unpaired) electrons. The minimum Gasteiger partial charge on any atom is -0.497 e. The van der Waals surface area contributed by atoms with Gasteiger partial charge >= 0.3 is 0 Å². The van der Waals surface area contributed by atoms with E-state index in [2.05, 4.69) is 26.7 Å². The van der Waals surface area contributed by atoms with Gasteiger partial charge in [-0.15, -0.1) is 24.0 Å². The lowest BCUT2D eigenvalue weighted by Gasteiger charge is -2.17. The number of pyridine rings is 1. The van der Waals surface area contributed by atoms with E-state index < -0.39 is 0 Å². The van der Waals surface area contributed by atoms with E-state index in [-0.39, 0.29) is 24.0 Å². The van der Waals surface area contributed by atoms with Crippen molar-refractivity contribution in [3.05, 3.63) is 47.7 Å². The van der Waals surface area contributed by atoms with Crippen LogP contribution in [-0.4, -0.2) is 45.8 Å². The maximum Gasteiger partial charge on any atom is 0.191 e. The highest BCUT2D eigenvalue weighted by Crippen LogP contribution is 2.25. The second-order valence-electron chi connectivity index (χ2n) is 6.11. The second-order valence-corrected chi connectivity index (χ2v) is 6.11. The lowest BCUT2D eigenvalue weighted by Crippen LogP contribution is -2.37. The molecule has 1 heterocycles. The van der Waals surface area contributed by atoms with E-state index in [1.54, 1.807) is 20.4 Å². The largest absolute Gasteiger partial charge is 0.497 e. The van der Waals surface area contributed by atoms with E-state index in [0.29, 0.717) is 13.1 Å². The predicted molar refractivity (Wildman–Crippen MR) is 125 cm³/mol. The summed E-state index contributed by atoms with van der Waals surface area (Å²) in [6.07, 6.45) is 1.80. The Hall–Kier alpha value is -2.23. The monoisotopic (exact) mass is 499 g/mol. The van der Waals surface area contributed by atoms with Gasteiger partial charge in [-0.1, -0.05) is 6.07 Å². The van der Waals surface area contributed by atoms with E-state index in [1.165, 1.54) is 0 Å². The smallest absolute Gasteiger partial charge is 0.191 e. The van der Waals surface area contributed by atoms with Crippen molar-refractivity contribution in [3.8, 4) is 11.5 Å². The number of methoxy groups -OCH3 is 2. The van der Waals surface area contributed by atoms with Crippen LogP contribution in [0, 0.1) is 0 Å². The summed E-state index contributed by atoms with van der Waals surface area (Å²) in [5.41, 5.74) is 2.10. The molecule has 0 bridgehead atoms. The number of nitrogens with zero attached hydrogens (tertiary/aromatic N) is 3. The number of hydrogen-bond donors (Lipinski definition) is 2. The summed E-state index contributed by atoms with van der Waals surface area (Å²) in [7, 11) is 7.26. The highest BCUT2D eigenvalue weighted by Gasteiger charge is 2.08. The summed E-state index contributed by atoms with van der Waals surface area (Å²) in [5, 5.41) is 6.64. The Morgan fingerprint density at radius 1 is 1.11 bits per heavy atom. The van der Waals surface area contributed by atoms with Gasteiger partial charge < -0.3 is 25.0 Å². The SMILES string of the molecule is CCNC(=NCc1ccc(OC)cc1OC)NCc1cccnc1N(C)C.I. The van der Waals surface area contributed by atoms with Gasteiger partial charge in [0.25, 0.3) is 0 Å². The first-order chi connectivity index (χ1) is 13.1. The van der Waals surface area contributed by atoms with Crippen molar-refractivity contribution in [2.24, 2.45) is 4.99 Å². The minimum absolute atomic E-state index is 0. The molecule has 2 rings (SSSR count). The topological polar surface area (TPSA) is 71.0 Å². The number of aliphatic imine (C=N–C) groups is 1. The summed E-state index contributed by atoms with van der Waals surface area (Å²) in [5.74, 6) is 3.20. The van der Waals surface area contributed by atoms with Crippen molar-refractivity contribution >= 4 is 35.8 Å². The van der Waals surface area contributed by atoms with E-state index >= 15 is 0 Å². The zero-order valence-corrected chi connectivity index (χ0v) is 19.5. The molecule has 0 saturated heterocycles. The maximum absolute atomic E-state index is 5.45. The molecule has 154 valence electrons. The van der Waals surface area contributed by atoms with Crippen LogP contribution in [0.4, 0.5) is 5.82 Å². The van der Waals surface area contributed by atoms with Crippen LogP contribution in [0.1, 0.15) is 18.1 Å². The predicted octanol–water partition coefficient (Wildman–Crippen LogP) is 3.04. The Labute approximate surface area is 184 Å². The molecule has 0 spiro atoms. The molecule has 0 atom stereocenters. The van der Waals surface area contributed by atoms with Crippen LogP contribution in [0.25, 0.3) is 0 Å². The first kappa shape index (κ1) is 23.8. The molecule has 2 aromatic rings. The molecule has 0 unspecified atom stereocenters. The third kappa shape index (κ3) is 6.74. The summed E-state index contributed by atoms with van der Waals surface area (Å²) >= 11 is 0. The fourth-order valence-corrected chi connectivity index (χ4v) is 2.64. The van der Waals surface area contributed by atoms with Gasteiger partial charge in [-0.2, -0.15) is 0 Å². The lowest BCUT2D eigenvalue weighted by atomic mass is 10.2. The van der Waals surface area contributed by atoms with E-state index in [9.17, 15) is 0 Å². The maximum atomic E-state index is 5.45. The Morgan fingerprint density at radius 2 is 1.89 bits per heavy atom. The normalized spacial score (nSPS) is 10.7. The molecule has 0 saturated carbocycles. The summed E-state index contributed by atoms with van der Waals surface area (Å²) in [6, 6.07) is 9.74. The number of nitrogens with one attached hydrogen (secondary N) is 2. The third-order valence-corrected chi connectivity index (χ3v) is 3.98. The van der Waals surface area contributed by atoms with Crippen molar-refractivity contribution < 1.29 is 9.47 Å². The fraction of sp³-hybridized carbons (Fsp3) is 0.400. The van der Waals surface area contributed by atoms with Gasteiger partial charge in [0.1, 0.15) is 17.3 Å². The first-order valence-corrected chi connectivity index (χ1v) is 8.93. The third-order valence-electron chi connectivity index (χ3n) is 3.98. The molecule has 7 nitrogen and oxygen atoms in total. The molecule has 0 aliphatic heterocycles. The van der Waals surface area contributed by atoms with Gasteiger partial charge in [0, 0.05) is 50.6 Å². The summed E-state index contributed by atoms with van der Waals surface area (Å²) in [6.45, 7) is 3.95. The number of halogens is 1. The Bertz CT molecular complexity index is 768. The molecule has 1 aromatic heterocycles. The molecular weight excluding hydrogens is 469 g/mol. The van der Waals surface area contributed by atoms with Crippen LogP contribution < -0.4 is 25.0 Å². The molecule has 8 heteroatoms. The van der Waals surface area contributed by atoms with Crippen molar-refractivity contribution in [2.45, 2.75) is 20.0 Å². The van der Waals surface area contributed by atoms with Crippen LogP contribution in [0.3, 0.4) is 0 Å². The molecule has 28 heavy (non-hydrogen) atoms. The van der Waals surface area contributed by atoms with Gasteiger partial charge in [-0.25, -0.2) is 9.98 Å². The second kappa shape index (κ2) is 12.3. The van der Waals surface area contributed by atoms with Gasteiger partial charge in [-0.05, 0) is 25.1 Å². The molecule has 2 N–H and O–H groups in total. The van der Waals surface area contributed by atoms with E-state index in [4.69, 9.17) is 9.47 Å². The zero-order valence-electron chi connectivity index (χ0n) is 17.2. The number of ether oxygens (including phenoxy) is 2. The molecule has 0 amide bonds. The van der Waals surface area contributed by atoms with Crippen LogP contribution >= 0.6 is 24.0 Å². The molecule has 0 fully saturated rings. The molecular formula is C20H30IN5O2. The first-order valence-electron chi connectivity index (χ1n) is 8.93. The summed E-state index contributed by atoms with van der Waals surface area (Å²) < 4.78 is 10.7. The highest BCUT2D eigenvalue weighted by molar-refractivity contribution is 14.0. The highest BCUT2D eigenvalue weighted by atomic mass is 127. The Balaban J connectivity index is 0.00000392. The zero-order chi connectivity index (χ0) is 19.6. The lowest BCUT2D eigenvalue weighted by molar-refractivity contribution is 0.391. The van der Waals surface area contributed by atoms with E-state index in [1.807, 2.05) is 50.2 Å². The van der Waals surface area contributed by atoms with Gasteiger partial charge in [0.2, 0.25) is 0 Å². The van der Waals surface area contributed by atoms with Gasteiger partial charge in [0.05, 0.1) is 20.8 Å². The Morgan fingerprint density at radius 3 is 2.54 bits per heavy atom. The standard InChI is InChI=1S/C20H29N5O2.HI/c1-6-21-20(24-14-16-8-7-11-22-19(16)25(2)3)23-13-15-9-10-17(26-4)12-18(15)27-5;/h7-12H,6,13-14H2,1-5H3,(H2,21,23,24);1H. The number of guanidine groups is 1. The number of anilines is 1. The van der Waals surface area contributed by atoms with Crippen LogP contribution in [-0.2, 0) is 13.1 Å². The van der Waals surface area contributed by atoms with Gasteiger partial charge in [-0.3, -0.25) is 0 Å². The van der Waals surface area contributed by atoms with E-state index in [0.717, 1.165) is 40.9 Å². The number of rotatable bonds is 8. The molecule has 1 aromatic carbocycles. The average Bonchev–Trinajstić information content (AvgIpc) is 2.70. The Kier molecular flexibility index (Phi) is 10.4. The number of hydrogen-bond acceptors (Lipinski definition) is 5. The van der Waals surface area contributed by atoms with Crippen LogP contribution in [0.5, 0.6) is 11.5 Å². The average molecular weight is 499 g/mol. The quantitative estimate of drug-likeness (QED) is 0.331. The number of benzene rings is 1. The fourth-order valence-electron chi connectivity index (χ4n) is 2.64. The van der Waals surface area contributed by atoms with Crippen LogP contribution in [0.2, 0.25) is 0 Å². The summed E-state index contributed by atoms with van der Waals surface area (Å²) in [4.78, 5) is 11.1. The van der Waals surface area contributed by atoms with Crippen molar-refractivity contribution in [2.75, 3.05) is 39.8 Å². The van der Waals surface area contributed by atoms with Crippen LogP contribution in [0.15, 0.2) is 41.5 Å². The van der Waals surface area contributed by atoms with Crippen molar-refractivity contribution in [3.63, 3.8) is 0 Å². The van der Waals surface area contributed by atoms with Gasteiger partial charge in [0.15, 0.2) is 5.96 Å².